The van der Waals surface area contributed by atoms with E-state index < -0.39 is 5.41 Å². The number of fused-ring (bicyclic) bond motifs is 1. The number of benzene rings is 1. The van der Waals surface area contributed by atoms with Crippen molar-refractivity contribution in [3.05, 3.63) is 53.3 Å². The Bertz CT molecular complexity index is 1120. The van der Waals surface area contributed by atoms with Gasteiger partial charge >= 0.3 is 0 Å². The molecule has 2 unspecified atom stereocenters. The number of aryl methyl sites for hydroxylation is 1. The largest absolute Gasteiger partial charge is 0.355 e. The van der Waals surface area contributed by atoms with Crippen LogP contribution in [0, 0.1) is 12.8 Å². The van der Waals surface area contributed by atoms with Gasteiger partial charge in [0.1, 0.15) is 0 Å². The first-order valence-corrected chi connectivity index (χ1v) is 11.9. The zero-order chi connectivity index (χ0) is 22.9. The van der Waals surface area contributed by atoms with Crippen molar-refractivity contribution in [3.63, 3.8) is 0 Å². The van der Waals surface area contributed by atoms with Crippen LogP contribution in [0.2, 0.25) is 0 Å². The molecule has 4 N–H and O–H groups in total. The van der Waals surface area contributed by atoms with Crippen LogP contribution in [-0.4, -0.2) is 29.0 Å². The molecule has 0 saturated carbocycles. The number of hydrogen-bond donors (Lipinski definition) is 3. The van der Waals surface area contributed by atoms with Crippen molar-refractivity contribution in [2.75, 3.05) is 13.1 Å². The van der Waals surface area contributed by atoms with Crippen LogP contribution >= 0.6 is 0 Å². The molecular formula is C27H36N4O. The van der Waals surface area contributed by atoms with Gasteiger partial charge in [-0.1, -0.05) is 32.8 Å². The average Bonchev–Trinajstić information content (AvgIpc) is 3.19. The van der Waals surface area contributed by atoms with Gasteiger partial charge in [0.15, 0.2) is 0 Å². The molecule has 0 spiro atoms. The van der Waals surface area contributed by atoms with Crippen molar-refractivity contribution in [3.8, 4) is 11.3 Å². The van der Waals surface area contributed by atoms with E-state index in [-0.39, 0.29) is 5.91 Å². The molecule has 2 atom stereocenters. The number of nitrogens with one attached hydrogen (secondary N) is 2. The molecule has 1 amide bonds. The molecule has 0 bridgehead atoms. The quantitative estimate of drug-likeness (QED) is 0.531. The van der Waals surface area contributed by atoms with Crippen molar-refractivity contribution in [1.29, 1.82) is 0 Å². The third-order valence-electron chi connectivity index (χ3n) is 7.16. The molecular weight excluding hydrogens is 396 g/mol. The molecule has 32 heavy (non-hydrogen) atoms. The minimum atomic E-state index is -0.545. The fourth-order valence-electron chi connectivity index (χ4n) is 5.12. The number of nitrogens with two attached hydrogens (primary N) is 1. The van der Waals surface area contributed by atoms with E-state index in [1.54, 1.807) is 0 Å². The molecule has 1 aliphatic heterocycles. The van der Waals surface area contributed by atoms with Crippen LogP contribution in [0.4, 0.5) is 0 Å². The summed E-state index contributed by atoms with van der Waals surface area (Å²) in [5.41, 5.74) is 12.2. The molecule has 5 heteroatoms. The first-order valence-electron chi connectivity index (χ1n) is 11.9. The number of rotatable bonds is 4. The number of carbonyl (C=O) groups is 1. The Morgan fingerprint density at radius 1 is 1.22 bits per heavy atom. The predicted molar refractivity (Wildman–Crippen MR) is 132 cm³/mol. The third-order valence-corrected chi connectivity index (χ3v) is 7.16. The van der Waals surface area contributed by atoms with Gasteiger partial charge in [-0.15, -0.1) is 0 Å². The number of aromatic nitrogens is 2. The van der Waals surface area contributed by atoms with Gasteiger partial charge in [-0.3, -0.25) is 9.78 Å². The lowest BCUT2D eigenvalue weighted by Gasteiger charge is -2.29. The van der Waals surface area contributed by atoms with Crippen LogP contribution in [0.3, 0.4) is 0 Å². The van der Waals surface area contributed by atoms with Gasteiger partial charge in [0.2, 0.25) is 5.91 Å². The van der Waals surface area contributed by atoms with Crippen molar-refractivity contribution in [2.45, 2.75) is 64.7 Å². The van der Waals surface area contributed by atoms with Crippen LogP contribution in [-0.2, 0) is 10.2 Å². The van der Waals surface area contributed by atoms with Crippen molar-refractivity contribution >= 4 is 16.8 Å². The van der Waals surface area contributed by atoms with Gasteiger partial charge in [0.05, 0.1) is 11.1 Å². The number of amides is 1. The molecule has 3 aromatic rings. The molecule has 1 saturated heterocycles. The average molecular weight is 433 g/mol. The minimum Gasteiger partial charge on any atom is -0.355 e. The molecule has 1 fully saturated rings. The van der Waals surface area contributed by atoms with Crippen molar-refractivity contribution in [1.82, 2.24) is 15.3 Å². The highest BCUT2D eigenvalue weighted by Gasteiger charge is 2.36. The number of carbonyl (C=O) groups excluding carboxylic acids is 1. The maximum atomic E-state index is 13.4. The normalized spacial score (nSPS) is 22.4. The van der Waals surface area contributed by atoms with E-state index in [1.807, 2.05) is 13.1 Å². The highest BCUT2D eigenvalue weighted by Crippen LogP contribution is 2.39. The van der Waals surface area contributed by atoms with Gasteiger partial charge in [0, 0.05) is 34.9 Å². The minimum absolute atomic E-state index is 0.115. The monoisotopic (exact) mass is 432 g/mol. The van der Waals surface area contributed by atoms with E-state index in [2.05, 4.69) is 66.4 Å². The lowest BCUT2D eigenvalue weighted by Crippen LogP contribution is -2.44. The third kappa shape index (κ3) is 4.18. The van der Waals surface area contributed by atoms with E-state index in [0.29, 0.717) is 24.9 Å². The van der Waals surface area contributed by atoms with Gasteiger partial charge in [0.25, 0.3) is 0 Å². The molecule has 3 heterocycles. The highest BCUT2D eigenvalue weighted by atomic mass is 16.2. The van der Waals surface area contributed by atoms with Crippen LogP contribution in [0.5, 0.6) is 0 Å². The second-order valence-corrected chi connectivity index (χ2v) is 9.90. The fourth-order valence-corrected chi connectivity index (χ4v) is 5.12. The summed E-state index contributed by atoms with van der Waals surface area (Å²) in [6.07, 6.45) is 5.93. The summed E-state index contributed by atoms with van der Waals surface area (Å²) in [5.74, 6) is 0.825. The van der Waals surface area contributed by atoms with Gasteiger partial charge in [-0.25, -0.2) is 0 Å². The molecule has 1 aromatic carbocycles. The van der Waals surface area contributed by atoms with E-state index in [1.165, 1.54) is 10.9 Å². The summed E-state index contributed by atoms with van der Waals surface area (Å²) in [6, 6.07) is 10.7. The maximum Gasteiger partial charge on any atom is 0.230 e. The Morgan fingerprint density at radius 2 is 2.03 bits per heavy atom. The molecule has 2 aromatic heterocycles. The summed E-state index contributed by atoms with van der Waals surface area (Å²) in [5, 5.41) is 4.41. The number of aromatic amines is 1. The Morgan fingerprint density at radius 3 is 2.75 bits per heavy atom. The van der Waals surface area contributed by atoms with Crippen LogP contribution in [0.1, 0.15) is 69.2 Å². The zero-order valence-corrected chi connectivity index (χ0v) is 19.8. The van der Waals surface area contributed by atoms with E-state index in [9.17, 15) is 4.79 Å². The topological polar surface area (TPSA) is 83.8 Å². The zero-order valence-electron chi connectivity index (χ0n) is 19.8. The van der Waals surface area contributed by atoms with Gasteiger partial charge in [-0.05, 0) is 80.5 Å². The molecule has 0 radical (unpaired) electrons. The second kappa shape index (κ2) is 9.07. The molecule has 5 nitrogen and oxygen atoms in total. The Kier molecular flexibility index (Phi) is 6.38. The highest BCUT2D eigenvalue weighted by molar-refractivity contribution is 5.94. The maximum absolute atomic E-state index is 13.4. The van der Waals surface area contributed by atoms with Crippen LogP contribution in [0.25, 0.3) is 22.2 Å². The van der Waals surface area contributed by atoms with Gasteiger partial charge in [-0.2, -0.15) is 0 Å². The number of hydrogen-bond acceptors (Lipinski definition) is 3. The Labute approximate surface area is 191 Å². The van der Waals surface area contributed by atoms with Crippen LogP contribution < -0.4 is 11.1 Å². The first-order chi connectivity index (χ1) is 15.3. The van der Waals surface area contributed by atoms with Gasteiger partial charge < -0.3 is 16.0 Å². The Hall–Kier alpha value is -2.66. The predicted octanol–water partition coefficient (Wildman–Crippen LogP) is 5.18. The summed E-state index contributed by atoms with van der Waals surface area (Å²) in [7, 11) is 0. The first kappa shape index (κ1) is 22.5. The van der Waals surface area contributed by atoms with E-state index >= 15 is 0 Å². The SMILES string of the molecule is Cc1cc(-c2[nH]c3ccc(C4(C)CCCCC(CN)CNC4=O)cc3c2C(C)C)ccn1. The lowest BCUT2D eigenvalue weighted by molar-refractivity contribution is -0.126. The summed E-state index contributed by atoms with van der Waals surface area (Å²) in [4.78, 5) is 21.4. The Balaban J connectivity index is 1.80. The summed E-state index contributed by atoms with van der Waals surface area (Å²) >= 11 is 0. The molecule has 4 rings (SSSR count). The fraction of sp³-hybridized carbons (Fsp3) is 0.481. The van der Waals surface area contributed by atoms with E-state index in [0.717, 1.165) is 53.7 Å². The standard InChI is InChI=1S/C27H36N4O/c1-17(2)24-22-14-21(27(4)11-6-5-7-19(15-28)16-30-26(27)32)8-9-23(22)31-25(24)20-10-12-29-18(3)13-20/h8-10,12-14,17,19,31H,5-7,11,15-16,28H2,1-4H3,(H,30,32). The van der Waals surface area contributed by atoms with Crippen LogP contribution in [0.15, 0.2) is 36.5 Å². The number of nitrogens with zero attached hydrogens (tertiary/aromatic N) is 1. The number of H-pyrrole nitrogens is 1. The second-order valence-electron chi connectivity index (χ2n) is 9.90. The summed E-state index contributed by atoms with van der Waals surface area (Å²) in [6.45, 7) is 9.87. The number of pyridine rings is 1. The smallest absolute Gasteiger partial charge is 0.230 e. The lowest BCUT2D eigenvalue weighted by atomic mass is 9.76. The molecule has 0 aliphatic carbocycles. The summed E-state index contributed by atoms with van der Waals surface area (Å²) < 4.78 is 0. The molecule has 1 aliphatic rings. The van der Waals surface area contributed by atoms with Crippen molar-refractivity contribution < 1.29 is 4.79 Å². The van der Waals surface area contributed by atoms with Crippen molar-refractivity contribution in [2.24, 2.45) is 11.7 Å². The molecule has 170 valence electrons. The van der Waals surface area contributed by atoms with E-state index in [4.69, 9.17) is 5.73 Å².